The molecule has 1 aromatic rings. The maximum absolute atomic E-state index is 11.7. The van der Waals surface area contributed by atoms with Gasteiger partial charge >= 0.3 is 0 Å². The van der Waals surface area contributed by atoms with E-state index in [9.17, 15) is 9.59 Å². The minimum absolute atomic E-state index is 0.151. The van der Waals surface area contributed by atoms with Crippen LogP contribution >= 0.6 is 11.6 Å². The van der Waals surface area contributed by atoms with Gasteiger partial charge in [0.2, 0.25) is 5.91 Å². The minimum atomic E-state index is -0.386. The molecule has 0 radical (unpaired) electrons. The topological polar surface area (TPSA) is 70.6 Å². The molecule has 1 rings (SSSR count). The average molecular weight is 268 g/mol. The summed E-state index contributed by atoms with van der Waals surface area (Å²) in [4.78, 5) is 22.4. The highest BCUT2D eigenvalue weighted by atomic mass is 35.5. The number of hydrogen-bond donors (Lipinski definition) is 2. The van der Waals surface area contributed by atoms with E-state index in [4.69, 9.17) is 11.6 Å². The first-order chi connectivity index (χ1) is 8.50. The smallest absolute Gasteiger partial charge is 0.272 e. The molecule has 0 aliphatic rings. The van der Waals surface area contributed by atoms with Crippen LogP contribution in [-0.2, 0) is 4.79 Å². The predicted molar refractivity (Wildman–Crippen MR) is 70.7 cm³/mol. The SMILES string of the molecule is CC(=O)NC/C(C)=N\NC(=O)c1ccccc1Cl. The zero-order valence-electron chi connectivity index (χ0n) is 10.2. The Labute approximate surface area is 110 Å². The van der Waals surface area contributed by atoms with Gasteiger partial charge in [0.05, 0.1) is 22.8 Å². The molecule has 2 amide bonds. The van der Waals surface area contributed by atoms with Crippen LogP contribution in [0.3, 0.4) is 0 Å². The molecular weight excluding hydrogens is 254 g/mol. The van der Waals surface area contributed by atoms with Crippen molar-refractivity contribution in [3.05, 3.63) is 34.9 Å². The highest BCUT2D eigenvalue weighted by molar-refractivity contribution is 6.33. The van der Waals surface area contributed by atoms with Crippen LogP contribution in [0.2, 0.25) is 5.02 Å². The zero-order valence-corrected chi connectivity index (χ0v) is 10.9. The standard InChI is InChI=1S/C12H14ClN3O2/c1-8(7-14-9(2)17)15-16-12(18)10-5-3-4-6-11(10)13/h3-6H,7H2,1-2H3,(H,14,17)(H,16,18)/b15-8-. The molecule has 0 unspecified atom stereocenters. The third-order valence-electron chi connectivity index (χ3n) is 2.06. The van der Waals surface area contributed by atoms with Gasteiger partial charge in [0.15, 0.2) is 0 Å². The lowest BCUT2D eigenvalue weighted by atomic mass is 10.2. The highest BCUT2D eigenvalue weighted by Crippen LogP contribution is 2.14. The van der Waals surface area contributed by atoms with Gasteiger partial charge in [0, 0.05) is 6.92 Å². The molecule has 0 aromatic heterocycles. The lowest BCUT2D eigenvalue weighted by Gasteiger charge is -2.04. The number of hydrogen-bond acceptors (Lipinski definition) is 3. The van der Waals surface area contributed by atoms with Gasteiger partial charge in [-0.05, 0) is 19.1 Å². The monoisotopic (exact) mass is 267 g/mol. The average Bonchev–Trinajstić information content (AvgIpc) is 2.34. The summed E-state index contributed by atoms with van der Waals surface area (Å²) in [7, 11) is 0. The molecule has 5 nitrogen and oxygen atoms in total. The van der Waals surface area contributed by atoms with E-state index in [0.29, 0.717) is 16.3 Å². The van der Waals surface area contributed by atoms with Crippen molar-refractivity contribution >= 4 is 29.1 Å². The van der Waals surface area contributed by atoms with Crippen LogP contribution in [-0.4, -0.2) is 24.1 Å². The summed E-state index contributed by atoms with van der Waals surface area (Å²) in [5.74, 6) is -0.537. The van der Waals surface area contributed by atoms with E-state index >= 15 is 0 Å². The Balaban J connectivity index is 2.58. The molecule has 0 bridgehead atoms. The second kappa shape index (κ2) is 6.76. The lowest BCUT2D eigenvalue weighted by molar-refractivity contribution is -0.118. The van der Waals surface area contributed by atoms with Crippen molar-refractivity contribution < 1.29 is 9.59 Å². The van der Waals surface area contributed by atoms with Gasteiger partial charge < -0.3 is 5.32 Å². The van der Waals surface area contributed by atoms with Gasteiger partial charge in [-0.1, -0.05) is 23.7 Å². The Morgan fingerprint density at radius 2 is 1.94 bits per heavy atom. The molecule has 0 aliphatic heterocycles. The molecule has 0 saturated heterocycles. The number of carbonyl (C=O) groups excluding carboxylic acids is 2. The molecule has 0 spiro atoms. The van der Waals surface area contributed by atoms with E-state index in [2.05, 4.69) is 15.8 Å². The first-order valence-electron chi connectivity index (χ1n) is 5.33. The zero-order chi connectivity index (χ0) is 13.5. The van der Waals surface area contributed by atoms with Gasteiger partial charge in [0.25, 0.3) is 5.91 Å². The maximum atomic E-state index is 11.7. The Morgan fingerprint density at radius 3 is 2.56 bits per heavy atom. The third-order valence-corrected chi connectivity index (χ3v) is 2.39. The molecule has 0 fully saturated rings. The number of halogens is 1. The molecular formula is C12H14ClN3O2. The molecule has 18 heavy (non-hydrogen) atoms. The van der Waals surface area contributed by atoms with Gasteiger partial charge in [0.1, 0.15) is 0 Å². The van der Waals surface area contributed by atoms with Crippen molar-refractivity contribution in [3.8, 4) is 0 Å². The van der Waals surface area contributed by atoms with Crippen LogP contribution in [0.4, 0.5) is 0 Å². The highest BCUT2D eigenvalue weighted by Gasteiger charge is 2.08. The first-order valence-corrected chi connectivity index (χ1v) is 5.71. The number of carbonyl (C=O) groups is 2. The fourth-order valence-electron chi connectivity index (χ4n) is 1.14. The van der Waals surface area contributed by atoms with Crippen molar-refractivity contribution in [2.75, 3.05) is 6.54 Å². The second-order valence-corrected chi connectivity index (χ2v) is 4.08. The Hall–Kier alpha value is -1.88. The fraction of sp³-hybridized carbons (Fsp3) is 0.250. The third kappa shape index (κ3) is 4.55. The molecule has 0 heterocycles. The van der Waals surface area contributed by atoms with Crippen LogP contribution in [0.1, 0.15) is 24.2 Å². The molecule has 0 aliphatic carbocycles. The summed E-state index contributed by atoms with van der Waals surface area (Å²) in [6.07, 6.45) is 0. The van der Waals surface area contributed by atoms with E-state index in [1.807, 2.05) is 0 Å². The van der Waals surface area contributed by atoms with Gasteiger partial charge in [-0.25, -0.2) is 5.43 Å². The van der Waals surface area contributed by atoms with Gasteiger partial charge in [-0.3, -0.25) is 9.59 Å². The van der Waals surface area contributed by atoms with Crippen LogP contribution in [0.25, 0.3) is 0 Å². The first kappa shape index (κ1) is 14.2. The number of nitrogens with one attached hydrogen (secondary N) is 2. The normalized spacial score (nSPS) is 10.9. The van der Waals surface area contributed by atoms with E-state index in [1.54, 1.807) is 31.2 Å². The summed E-state index contributed by atoms with van der Waals surface area (Å²) >= 11 is 5.87. The van der Waals surface area contributed by atoms with Crippen LogP contribution < -0.4 is 10.7 Å². The molecule has 1 aromatic carbocycles. The predicted octanol–water partition coefficient (Wildman–Crippen LogP) is 1.58. The van der Waals surface area contributed by atoms with Crippen molar-refractivity contribution in [2.24, 2.45) is 5.10 Å². The van der Waals surface area contributed by atoms with Crippen molar-refractivity contribution in [1.82, 2.24) is 10.7 Å². The number of rotatable bonds is 4. The van der Waals surface area contributed by atoms with E-state index in [-0.39, 0.29) is 18.4 Å². The van der Waals surface area contributed by atoms with Crippen LogP contribution in [0.15, 0.2) is 29.4 Å². The van der Waals surface area contributed by atoms with E-state index in [1.165, 1.54) is 6.92 Å². The number of hydrazone groups is 1. The van der Waals surface area contributed by atoms with Gasteiger partial charge in [-0.15, -0.1) is 0 Å². The Bertz CT molecular complexity index is 486. The number of nitrogens with zero attached hydrogens (tertiary/aromatic N) is 1. The largest absolute Gasteiger partial charge is 0.351 e. The summed E-state index contributed by atoms with van der Waals surface area (Å²) in [5, 5.41) is 6.80. The summed E-state index contributed by atoms with van der Waals surface area (Å²) in [6, 6.07) is 6.69. The number of benzene rings is 1. The second-order valence-electron chi connectivity index (χ2n) is 3.68. The van der Waals surface area contributed by atoms with E-state index < -0.39 is 0 Å². The van der Waals surface area contributed by atoms with Crippen molar-refractivity contribution in [2.45, 2.75) is 13.8 Å². The van der Waals surface area contributed by atoms with Crippen molar-refractivity contribution in [3.63, 3.8) is 0 Å². The summed E-state index contributed by atoms with van der Waals surface area (Å²) in [5.41, 5.74) is 3.32. The molecule has 0 atom stereocenters. The number of amides is 2. The minimum Gasteiger partial charge on any atom is -0.351 e. The summed E-state index contributed by atoms with van der Waals surface area (Å²) in [6.45, 7) is 3.40. The van der Waals surface area contributed by atoms with Gasteiger partial charge in [-0.2, -0.15) is 5.10 Å². The Kier molecular flexibility index (Phi) is 5.32. The fourth-order valence-corrected chi connectivity index (χ4v) is 1.37. The van der Waals surface area contributed by atoms with Crippen molar-refractivity contribution in [1.29, 1.82) is 0 Å². The summed E-state index contributed by atoms with van der Waals surface area (Å²) < 4.78 is 0. The quantitative estimate of drug-likeness (QED) is 0.642. The molecule has 2 N–H and O–H groups in total. The molecule has 6 heteroatoms. The maximum Gasteiger partial charge on any atom is 0.272 e. The van der Waals surface area contributed by atoms with Crippen LogP contribution in [0.5, 0.6) is 0 Å². The van der Waals surface area contributed by atoms with Crippen LogP contribution in [0, 0.1) is 0 Å². The lowest BCUT2D eigenvalue weighted by Crippen LogP contribution is -2.28. The molecule has 0 saturated carbocycles. The van der Waals surface area contributed by atoms with E-state index in [0.717, 1.165) is 0 Å². The molecule has 96 valence electrons. The Morgan fingerprint density at radius 1 is 1.28 bits per heavy atom.